The summed E-state index contributed by atoms with van der Waals surface area (Å²) < 4.78 is 0. The number of anilines is 2. The highest BCUT2D eigenvalue weighted by atomic mass is 32.2. The van der Waals surface area contributed by atoms with E-state index in [2.05, 4.69) is 15.6 Å². The molecule has 0 aliphatic rings. The van der Waals surface area contributed by atoms with E-state index in [0.717, 1.165) is 16.2 Å². The minimum atomic E-state index is -0.548. The Kier molecular flexibility index (Phi) is 7.54. The van der Waals surface area contributed by atoms with Gasteiger partial charge in [0.05, 0.1) is 16.4 Å². The summed E-state index contributed by atoms with van der Waals surface area (Å²) in [6.07, 6.45) is 0. The van der Waals surface area contributed by atoms with Crippen LogP contribution in [-0.4, -0.2) is 27.5 Å². The Morgan fingerprint density at radius 1 is 1.03 bits per heavy atom. The molecule has 0 fully saturated rings. The van der Waals surface area contributed by atoms with Gasteiger partial charge in [0.1, 0.15) is 0 Å². The first-order valence-corrected chi connectivity index (χ1v) is 12.3. The summed E-state index contributed by atoms with van der Waals surface area (Å²) in [6.45, 7) is 2.02. The molecule has 2 N–H and O–H groups in total. The first kappa shape index (κ1) is 24.1. The van der Waals surface area contributed by atoms with Crippen LogP contribution in [0, 0.1) is 17.0 Å². The number of carbonyl (C=O) groups is 2. The van der Waals surface area contributed by atoms with Crippen LogP contribution in [0.4, 0.5) is 16.5 Å². The van der Waals surface area contributed by atoms with Crippen molar-refractivity contribution in [3.63, 3.8) is 0 Å². The number of benzene rings is 3. The lowest BCUT2D eigenvalue weighted by Crippen LogP contribution is -2.14. The van der Waals surface area contributed by atoms with Gasteiger partial charge < -0.3 is 10.6 Å². The summed E-state index contributed by atoms with van der Waals surface area (Å²) in [5.41, 5.74) is 3.52. The molecule has 0 bridgehead atoms. The lowest BCUT2D eigenvalue weighted by molar-refractivity contribution is -0.384. The number of carbonyl (C=O) groups excluding carboxylic acids is 2. The van der Waals surface area contributed by atoms with Crippen molar-refractivity contribution in [1.29, 1.82) is 0 Å². The van der Waals surface area contributed by atoms with E-state index in [1.807, 2.05) is 42.6 Å². The first-order valence-electron chi connectivity index (χ1n) is 10.5. The minimum Gasteiger partial charge on any atom is -0.322 e. The zero-order valence-electron chi connectivity index (χ0n) is 18.6. The lowest BCUT2D eigenvalue weighted by atomic mass is 10.1. The summed E-state index contributed by atoms with van der Waals surface area (Å²) in [5.74, 6) is -0.477. The fraction of sp³-hybridized carbons (Fsp3) is 0.0800. The van der Waals surface area contributed by atoms with Crippen molar-refractivity contribution in [2.24, 2.45) is 0 Å². The Morgan fingerprint density at radius 2 is 1.80 bits per heavy atom. The molecule has 1 heterocycles. The molecule has 176 valence electrons. The number of hydrogen-bond acceptors (Lipinski definition) is 7. The van der Waals surface area contributed by atoms with Crippen molar-refractivity contribution in [1.82, 2.24) is 4.98 Å². The molecule has 0 spiro atoms. The molecule has 10 heteroatoms. The zero-order chi connectivity index (χ0) is 24.8. The van der Waals surface area contributed by atoms with E-state index in [1.54, 1.807) is 18.2 Å². The normalized spacial score (nSPS) is 10.5. The number of hydrogen-bond donors (Lipinski definition) is 2. The minimum absolute atomic E-state index is 0.154. The number of non-ortho nitro benzene ring substituents is 1. The van der Waals surface area contributed by atoms with Crippen molar-refractivity contribution in [2.75, 3.05) is 16.4 Å². The predicted octanol–water partition coefficient (Wildman–Crippen LogP) is 6.01. The molecule has 0 saturated carbocycles. The SMILES string of the molecule is Cc1ccc(-c2csc(NC(=O)CSc3cccc(NC(=O)c4cccc([N+](=O)[O-])c4)c3)n2)cc1. The van der Waals surface area contributed by atoms with Crippen LogP contribution >= 0.6 is 23.1 Å². The van der Waals surface area contributed by atoms with Crippen LogP contribution in [0.15, 0.2) is 83.1 Å². The monoisotopic (exact) mass is 504 g/mol. The van der Waals surface area contributed by atoms with Gasteiger partial charge in [0.2, 0.25) is 5.91 Å². The van der Waals surface area contributed by atoms with Crippen molar-refractivity contribution in [2.45, 2.75) is 11.8 Å². The summed E-state index contributed by atoms with van der Waals surface area (Å²) in [7, 11) is 0. The number of aromatic nitrogens is 1. The zero-order valence-corrected chi connectivity index (χ0v) is 20.2. The summed E-state index contributed by atoms with van der Waals surface area (Å²) in [6, 6.07) is 20.6. The molecule has 4 rings (SSSR count). The molecule has 35 heavy (non-hydrogen) atoms. The molecule has 0 unspecified atom stereocenters. The number of amides is 2. The van der Waals surface area contributed by atoms with Crippen LogP contribution < -0.4 is 10.6 Å². The van der Waals surface area contributed by atoms with Crippen molar-refractivity contribution in [3.05, 3.63) is 99.4 Å². The van der Waals surface area contributed by atoms with Crippen LogP contribution in [0.2, 0.25) is 0 Å². The Bertz CT molecular complexity index is 1390. The number of aryl methyl sites for hydroxylation is 1. The topological polar surface area (TPSA) is 114 Å². The molecule has 0 aliphatic carbocycles. The maximum absolute atomic E-state index is 12.5. The second kappa shape index (κ2) is 10.9. The maximum Gasteiger partial charge on any atom is 0.270 e. The average Bonchev–Trinajstić information content (AvgIpc) is 3.32. The van der Waals surface area contributed by atoms with E-state index >= 15 is 0 Å². The molecule has 3 aromatic carbocycles. The standard InChI is InChI=1S/C25H20N4O4S2/c1-16-8-10-17(11-9-16)22-14-35-25(27-22)28-23(30)15-34-21-7-3-5-19(13-21)26-24(31)18-4-2-6-20(12-18)29(32)33/h2-14H,15H2,1H3,(H,26,31)(H,27,28,30). The summed E-state index contributed by atoms with van der Waals surface area (Å²) in [5, 5.41) is 18.9. The van der Waals surface area contributed by atoms with Crippen molar-refractivity contribution >= 4 is 51.4 Å². The Labute approximate surface area is 209 Å². The van der Waals surface area contributed by atoms with E-state index < -0.39 is 10.8 Å². The van der Waals surface area contributed by atoms with Gasteiger partial charge in [-0.1, -0.05) is 42.0 Å². The average molecular weight is 505 g/mol. The van der Waals surface area contributed by atoms with Crippen LogP contribution in [0.1, 0.15) is 15.9 Å². The molecule has 0 saturated heterocycles. The Morgan fingerprint density at radius 3 is 2.57 bits per heavy atom. The van der Waals surface area contributed by atoms with Gasteiger partial charge >= 0.3 is 0 Å². The predicted molar refractivity (Wildman–Crippen MR) is 139 cm³/mol. The smallest absolute Gasteiger partial charge is 0.270 e. The molecule has 0 atom stereocenters. The van der Waals surface area contributed by atoms with Crippen LogP contribution in [0.5, 0.6) is 0 Å². The quantitative estimate of drug-likeness (QED) is 0.173. The van der Waals surface area contributed by atoms with Gasteiger partial charge in [-0.2, -0.15) is 0 Å². The molecule has 4 aromatic rings. The highest BCUT2D eigenvalue weighted by Crippen LogP contribution is 2.26. The summed E-state index contributed by atoms with van der Waals surface area (Å²) in [4.78, 5) is 40.6. The molecule has 0 radical (unpaired) electrons. The third-order valence-electron chi connectivity index (χ3n) is 4.88. The molecule has 8 nitrogen and oxygen atoms in total. The number of rotatable bonds is 8. The molecular formula is C25H20N4O4S2. The van der Waals surface area contributed by atoms with Gasteiger partial charge in [-0.3, -0.25) is 19.7 Å². The number of nitro benzene ring substituents is 1. The van der Waals surface area contributed by atoms with Crippen LogP contribution in [0.25, 0.3) is 11.3 Å². The lowest BCUT2D eigenvalue weighted by Gasteiger charge is -2.08. The van der Waals surface area contributed by atoms with E-state index in [9.17, 15) is 19.7 Å². The molecule has 1 aromatic heterocycles. The third-order valence-corrected chi connectivity index (χ3v) is 6.63. The van der Waals surface area contributed by atoms with Crippen LogP contribution in [0.3, 0.4) is 0 Å². The number of nitrogens with one attached hydrogen (secondary N) is 2. The van der Waals surface area contributed by atoms with Crippen LogP contribution in [-0.2, 0) is 4.79 Å². The second-order valence-corrected chi connectivity index (χ2v) is 9.44. The van der Waals surface area contributed by atoms with Crippen molar-refractivity contribution < 1.29 is 14.5 Å². The highest BCUT2D eigenvalue weighted by Gasteiger charge is 2.13. The first-order chi connectivity index (χ1) is 16.9. The van der Waals surface area contributed by atoms with Gasteiger partial charge in [0.15, 0.2) is 5.13 Å². The number of nitro groups is 1. The van der Waals surface area contributed by atoms with Gasteiger partial charge in [-0.15, -0.1) is 23.1 Å². The highest BCUT2D eigenvalue weighted by molar-refractivity contribution is 8.00. The number of thiazole rings is 1. The van der Waals surface area contributed by atoms with Gasteiger partial charge in [0, 0.05) is 39.2 Å². The molecule has 2 amide bonds. The largest absolute Gasteiger partial charge is 0.322 e. The molecular weight excluding hydrogens is 484 g/mol. The fourth-order valence-corrected chi connectivity index (χ4v) is 4.61. The summed E-state index contributed by atoms with van der Waals surface area (Å²) >= 11 is 2.69. The van der Waals surface area contributed by atoms with Crippen molar-refractivity contribution in [3.8, 4) is 11.3 Å². The number of thioether (sulfide) groups is 1. The Hall–Kier alpha value is -4.02. The fourth-order valence-electron chi connectivity index (χ4n) is 3.12. The Balaban J connectivity index is 1.32. The van der Waals surface area contributed by atoms with E-state index in [-0.39, 0.29) is 22.9 Å². The van der Waals surface area contributed by atoms with Gasteiger partial charge in [0.25, 0.3) is 11.6 Å². The maximum atomic E-state index is 12.5. The van der Waals surface area contributed by atoms with Gasteiger partial charge in [-0.05, 0) is 31.2 Å². The van der Waals surface area contributed by atoms with E-state index in [1.165, 1.54) is 52.9 Å². The third kappa shape index (κ3) is 6.52. The molecule has 0 aliphatic heterocycles. The second-order valence-electron chi connectivity index (χ2n) is 7.53. The van der Waals surface area contributed by atoms with E-state index in [4.69, 9.17) is 0 Å². The van der Waals surface area contributed by atoms with Gasteiger partial charge in [-0.25, -0.2) is 4.98 Å². The number of nitrogens with zero attached hydrogens (tertiary/aromatic N) is 2. The van der Waals surface area contributed by atoms with E-state index in [0.29, 0.717) is 10.8 Å².